The van der Waals surface area contributed by atoms with Crippen LogP contribution in [0.15, 0.2) is 24.3 Å². The Balaban J connectivity index is 2.48. The van der Waals surface area contributed by atoms with E-state index in [1.165, 1.54) is 18.6 Å². The number of hydrogen-bond acceptors (Lipinski definition) is 2. The number of likely N-dealkylation sites (N-methyl/N-ethyl adjacent to an activating group) is 1. The van der Waals surface area contributed by atoms with E-state index in [2.05, 4.69) is 26.1 Å². The average molecular weight is 267 g/mol. The van der Waals surface area contributed by atoms with Crippen molar-refractivity contribution in [3.05, 3.63) is 35.6 Å². The van der Waals surface area contributed by atoms with Crippen molar-refractivity contribution < 1.29 is 9.13 Å². The predicted octanol–water partition coefficient (Wildman–Crippen LogP) is 3.93. The lowest BCUT2D eigenvalue weighted by Gasteiger charge is -2.19. The molecule has 0 fully saturated rings. The van der Waals surface area contributed by atoms with Gasteiger partial charge in [-0.15, -0.1) is 0 Å². The van der Waals surface area contributed by atoms with Gasteiger partial charge < -0.3 is 10.1 Å². The molecule has 0 saturated heterocycles. The molecule has 1 unspecified atom stereocenters. The molecule has 3 heteroatoms. The standard InChI is InChI=1S/C16H26FNO/c1-4-18-12-16(19-11-5-6-13(2)3)14-7-9-15(17)10-8-14/h7-10,13,16,18H,4-6,11-12H2,1-3H3. The Labute approximate surface area is 116 Å². The minimum Gasteiger partial charge on any atom is -0.372 e. The summed E-state index contributed by atoms with van der Waals surface area (Å²) in [5.74, 6) is 0.507. The fourth-order valence-corrected chi connectivity index (χ4v) is 1.94. The highest BCUT2D eigenvalue weighted by Crippen LogP contribution is 2.18. The lowest BCUT2D eigenvalue weighted by atomic mass is 10.1. The molecule has 2 nitrogen and oxygen atoms in total. The van der Waals surface area contributed by atoms with Crippen LogP contribution in [0.25, 0.3) is 0 Å². The number of benzene rings is 1. The maximum absolute atomic E-state index is 12.9. The summed E-state index contributed by atoms with van der Waals surface area (Å²) < 4.78 is 18.9. The lowest BCUT2D eigenvalue weighted by Crippen LogP contribution is -2.23. The molecular formula is C16H26FNO. The SMILES string of the molecule is CCNCC(OCCCC(C)C)c1ccc(F)cc1. The molecule has 1 aromatic rings. The lowest BCUT2D eigenvalue weighted by molar-refractivity contribution is 0.0490. The first-order valence-electron chi connectivity index (χ1n) is 7.21. The van der Waals surface area contributed by atoms with Crippen molar-refractivity contribution in [3.63, 3.8) is 0 Å². The van der Waals surface area contributed by atoms with E-state index >= 15 is 0 Å². The van der Waals surface area contributed by atoms with Crippen LogP contribution in [0, 0.1) is 11.7 Å². The van der Waals surface area contributed by atoms with Gasteiger partial charge in [0.15, 0.2) is 0 Å². The maximum atomic E-state index is 12.9. The van der Waals surface area contributed by atoms with Crippen molar-refractivity contribution in [3.8, 4) is 0 Å². The summed E-state index contributed by atoms with van der Waals surface area (Å²) in [6.07, 6.45) is 2.26. The van der Waals surface area contributed by atoms with E-state index in [0.717, 1.165) is 31.7 Å². The maximum Gasteiger partial charge on any atom is 0.123 e. The topological polar surface area (TPSA) is 21.3 Å². The Hall–Kier alpha value is -0.930. The summed E-state index contributed by atoms with van der Waals surface area (Å²) in [7, 11) is 0. The Morgan fingerprint density at radius 3 is 2.47 bits per heavy atom. The smallest absolute Gasteiger partial charge is 0.123 e. The molecular weight excluding hydrogens is 241 g/mol. The van der Waals surface area contributed by atoms with Crippen molar-refractivity contribution in [2.45, 2.75) is 39.7 Å². The van der Waals surface area contributed by atoms with Crippen LogP contribution in [-0.2, 0) is 4.74 Å². The molecule has 0 heterocycles. The van der Waals surface area contributed by atoms with Gasteiger partial charge in [0.05, 0.1) is 6.10 Å². The van der Waals surface area contributed by atoms with Gasteiger partial charge in [0.25, 0.3) is 0 Å². The van der Waals surface area contributed by atoms with E-state index in [1.54, 1.807) is 12.1 Å². The monoisotopic (exact) mass is 267 g/mol. The molecule has 1 atom stereocenters. The minimum absolute atomic E-state index is 0.00714. The van der Waals surface area contributed by atoms with E-state index < -0.39 is 0 Å². The highest BCUT2D eigenvalue weighted by Gasteiger charge is 2.11. The Kier molecular flexibility index (Phi) is 7.68. The first kappa shape index (κ1) is 16.1. The van der Waals surface area contributed by atoms with Crippen molar-refractivity contribution in [1.82, 2.24) is 5.32 Å². The van der Waals surface area contributed by atoms with Gasteiger partial charge in [-0.2, -0.15) is 0 Å². The van der Waals surface area contributed by atoms with Crippen molar-refractivity contribution >= 4 is 0 Å². The number of ether oxygens (including phenoxy) is 1. The van der Waals surface area contributed by atoms with Gasteiger partial charge in [-0.25, -0.2) is 4.39 Å². The van der Waals surface area contributed by atoms with Gasteiger partial charge in [0.1, 0.15) is 5.82 Å². The molecule has 0 radical (unpaired) electrons. The quantitative estimate of drug-likeness (QED) is 0.684. The van der Waals surface area contributed by atoms with Crippen LogP contribution in [0.1, 0.15) is 45.3 Å². The third-order valence-corrected chi connectivity index (χ3v) is 3.07. The Bertz CT molecular complexity index is 337. The molecule has 0 aliphatic rings. The van der Waals surface area contributed by atoms with Crippen LogP contribution in [0.5, 0.6) is 0 Å². The van der Waals surface area contributed by atoms with Gasteiger partial charge in [-0.3, -0.25) is 0 Å². The van der Waals surface area contributed by atoms with E-state index in [9.17, 15) is 4.39 Å². The second-order valence-corrected chi connectivity index (χ2v) is 5.25. The minimum atomic E-state index is -0.203. The molecule has 108 valence electrons. The molecule has 0 saturated carbocycles. The molecule has 1 rings (SSSR count). The van der Waals surface area contributed by atoms with Crippen LogP contribution in [0.3, 0.4) is 0 Å². The van der Waals surface area contributed by atoms with Crippen LogP contribution in [0.2, 0.25) is 0 Å². The van der Waals surface area contributed by atoms with E-state index in [-0.39, 0.29) is 11.9 Å². The van der Waals surface area contributed by atoms with Gasteiger partial charge in [-0.05, 0) is 43.0 Å². The summed E-state index contributed by atoms with van der Waals surface area (Å²) in [5, 5.41) is 3.29. The molecule has 1 aromatic carbocycles. The summed E-state index contributed by atoms with van der Waals surface area (Å²) in [6.45, 7) is 8.94. The summed E-state index contributed by atoms with van der Waals surface area (Å²) in [4.78, 5) is 0. The molecule has 19 heavy (non-hydrogen) atoms. The van der Waals surface area contributed by atoms with Crippen molar-refractivity contribution in [1.29, 1.82) is 0 Å². The van der Waals surface area contributed by atoms with Crippen LogP contribution in [0.4, 0.5) is 4.39 Å². The Morgan fingerprint density at radius 1 is 1.21 bits per heavy atom. The number of hydrogen-bond donors (Lipinski definition) is 1. The van der Waals surface area contributed by atoms with Gasteiger partial charge >= 0.3 is 0 Å². The second kappa shape index (κ2) is 9.05. The van der Waals surface area contributed by atoms with Gasteiger partial charge in [0.2, 0.25) is 0 Å². The van der Waals surface area contributed by atoms with Crippen molar-refractivity contribution in [2.75, 3.05) is 19.7 Å². The van der Waals surface area contributed by atoms with Crippen LogP contribution in [-0.4, -0.2) is 19.7 Å². The Morgan fingerprint density at radius 2 is 1.89 bits per heavy atom. The number of halogens is 1. The first-order chi connectivity index (χ1) is 9.13. The highest BCUT2D eigenvalue weighted by atomic mass is 19.1. The third kappa shape index (κ3) is 6.69. The van der Waals surface area contributed by atoms with E-state index in [4.69, 9.17) is 4.74 Å². The van der Waals surface area contributed by atoms with Crippen LogP contribution >= 0.6 is 0 Å². The zero-order valence-corrected chi connectivity index (χ0v) is 12.3. The fraction of sp³-hybridized carbons (Fsp3) is 0.625. The summed E-state index contributed by atoms with van der Waals surface area (Å²) in [6, 6.07) is 6.59. The van der Waals surface area contributed by atoms with E-state index in [1.807, 2.05) is 0 Å². The average Bonchev–Trinajstić information content (AvgIpc) is 2.39. The molecule has 0 aliphatic carbocycles. The number of nitrogens with one attached hydrogen (secondary N) is 1. The van der Waals surface area contributed by atoms with Crippen LogP contribution < -0.4 is 5.32 Å². The second-order valence-electron chi connectivity index (χ2n) is 5.25. The molecule has 0 aliphatic heterocycles. The third-order valence-electron chi connectivity index (χ3n) is 3.07. The summed E-state index contributed by atoms with van der Waals surface area (Å²) >= 11 is 0. The van der Waals surface area contributed by atoms with E-state index in [0.29, 0.717) is 5.92 Å². The fourth-order valence-electron chi connectivity index (χ4n) is 1.94. The zero-order valence-electron chi connectivity index (χ0n) is 12.3. The largest absolute Gasteiger partial charge is 0.372 e. The van der Waals surface area contributed by atoms with Gasteiger partial charge in [0, 0.05) is 13.2 Å². The molecule has 0 aromatic heterocycles. The molecule has 1 N–H and O–H groups in total. The normalized spacial score (nSPS) is 12.9. The van der Waals surface area contributed by atoms with Gasteiger partial charge in [-0.1, -0.05) is 32.9 Å². The number of rotatable bonds is 9. The highest BCUT2D eigenvalue weighted by molar-refractivity contribution is 5.19. The first-order valence-corrected chi connectivity index (χ1v) is 7.21. The molecule has 0 amide bonds. The van der Waals surface area contributed by atoms with Crippen molar-refractivity contribution in [2.24, 2.45) is 5.92 Å². The predicted molar refractivity (Wildman–Crippen MR) is 77.7 cm³/mol. The summed E-state index contributed by atoms with van der Waals surface area (Å²) in [5.41, 5.74) is 1.03. The molecule has 0 bridgehead atoms. The molecule has 0 spiro atoms. The zero-order chi connectivity index (χ0) is 14.1.